The van der Waals surface area contributed by atoms with E-state index in [-0.39, 0.29) is 35.8 Å². The summed E-state index contributed by atoms with van der Waals surface area (Å²) in [7, 11) is 0. The minimum Gasteiger partial charge on any atom is -0.481 e. The number of allylic oxidation sites excluding steroid dienone is 2. The molecule has 0 saturated heterocycles. The fourth-order valence-corrected chi connectivity index (χ4v) is 6.60. The summed E-state index contributed by atoms with van der Waals surface area (Å²) < 4.78 is 0. The maximum atomic E-state index is 11.3. The van der Waals surface area contributed by atoms with Crippen molar-refractivity contribution in [3.8, 4) is 0 Å². The third-order valence-corrected chi connectivity index (χ3v) is 8.16. The number of hydrogen-bond acceptors (Lipinski definition) is 5. The van der Waals surface area contributed by atoms with Crippen molar-refractivity contribution in [3.63, 3.8) is 0 Å². The first-order valence-corrected chi connectivity index (χ1v) is 12.8. The Bertz CT molecular complexity index is 1100. The van der Waals surface area contributed by atoms with E-state index in [2.05, 4.69) is 86.0 Å². The van der Waals surface area contributed by atoms with Crippen LogP contribution >= 0.6 is 47.5 Å². The maximum Gasteiger partial charge on any atom is 0.305 e. The Hall–Kier alpha value is -1.58. The zero-order valence-corrected chi connectivity index (χ0v) is 23.5. The Kier molecular flexibility index (Phi) is 8.86. The van der Waals surface area contributed by atoms with E-state index in [1.165, 1.54) is 37.2 Å². The topological polar surface area (TPSA) is 43.8 Å². The third kappa shape index (κ3) is 5.74. The van der Waals surface area contributed by atoms with Crippen molar-refractivity contribution >= 4 is 64.8 Å². The average Bonchev–Trinajstić information content (AvgIpc) is 3.27. The number of aryl methyl sites for hydroxylation is 2. The molecule has 1 atom stereocenters. The smallest absolute Gasteiger partial charge is 0.305 e. The number of halogens is 1. The molecule has 0 saturated carbocycles. The first kappa shape index (κ1) is 26.0. The van der Waals surface area contributed by atoms with Gasteiger partial charge in [0.05, 0.1) is 28.2 Å². The monoisotopic (exact) mass is 594 g/mol. The van der Waals surface area contributed by atoms with Crippen LogP contribution in [-0.2, 0) is 4.79 Å². The minimum absolute atomic E-state index is 0. The quantitative estimate of drug-likeness (QED) is 0.336. The molecule has 7 heteroatoms. The number of carboxylic acids is 1. The molecule has 0 radical (unpaired) electrons. The van der Waals surface area contributed by atoms with Crippen molar-refractivity contribution in [1.82, 2.24) is 0 Å². The molecule has 2 aliphatic rings. The van der Waals surface area contributed by atoms with E-state index in [9.17, 15) is 9.90 Å². The number of benzene rings is 2. The zero-order valence-electron chi connectivity index (χ0n) is 19.5. The van der Waals surface area contributed by atoms with Crippen LogP contribution in [0.2, 0.25) is 0 Å². The molecule has 0 amide bonds. The highest BCUT2D eigenvalue weighted by molar-refractivity contribution is 14.0. The van der Waals surface area contributed by atoms with Gasteiger partial charge >= 0.3 is 5.97 Å². The van der Waals surface area contributed by atoms with Gasteiger partial charge in [0.1, 0.15) is 0 Å². The van der Waals surface area contributed by atoms with E-state index in [1.807, 2.05) is 23.5 Å². The number of hydrogen-bond donors (Lipinski definition) is 1. The van der Waals surface area contributed by atoms with E-state index in [1.54, 1.807) is 0 Å². The summed E-state index contributed by atoms with van der Waals surface area (Å²) in [6.07, 6.45) is 5.69. The molecule has 2 aromatic carbocycles. The van der Waals surface area contributed by atoms with Crippen LogP contribution in [0.5, 0.6) is 0 Å². The highest BCUT2D eigenvalue weighted by Crippen LogP contribution is 2.48. The minimum atomic E-state index is -0.759. The van der Waals surface area contributed by atoms with Gasteiger partial charge in [-0.3, -0.25) is 4.79 Å². The van der Waals surface area contributed by atoms with Gasteiger partial charge in [-0.05, 0) is 80.3 Å². The Morgan fingerprint density at radius 3 is 2.36 bits per heavy atom. The molecule has 176 valence electrons. The van der Waals surface area contributed by atoms with Crippen LogP contribution < -0.4 is 9.80 Å². The van der Waals surface area contributed by atoms with Gasteiger partial charge in [0.2, 0.25) is 0 Å². The van der Waals surface area contributed by atoms with Crippen molar-refractivity contribution in [2.24, 2.45) is 0 Å². The number of carbonyl (C=O) groups is 1. The summed E-state index contributed by atoms with van der Waals surface area (Å²) in [5.74, 6) is -0.759. The molecule has 0 aliphatic carbocycles. The van der Waals surface area contributed by atoms with Gasteiger partial charge in [0, 0.05) is 22.9 Å². The van der Waals surface area contributed by atoms with E-state index in [0.717, 1.165) is 18.7 Å². The van der Waals surface area contributed by atoms with Gasteiger partial charge in [0.25, 0.3) is 0 Å². The molecule has 2 aliphatic heterocycles. The molecule has 0 bridgehead atoms. The summed E-state index contributed by atoms with van der Waals surface area (Å²) in [5.41, 5.74) is 6.19. The summed E-state index contributed by atoms with van der Waals surface area (Å²) in [6, 6.07) is 13.1. The summed E-state index contributed by atoms with van der Waals surface area (Å²) in [5, 5.41) is 10.6. The largest absolute Gasteiger partial charge is 0.481 e. The maximum absolute atomic E-state index is 11.3. The molecule has 1 N–H and O–H groups in total. The van der Waals surface area contributed by atoms with Crippen LogP contribution in [-0.4, -0.2) is 29.5 Å². The standard InChI is InChI=1S/C26H30N2O2S2.HI/c1-5-19(15-24-27(6-2)20-13-17(3)7-9-22(20)31-24)16-25-28(12-11-26(29)30)21-14-18(4)8-10-23(21)32-25;/h7-10,13-16,25H,5-6,11-12H2,1-4H3,(H,29,30);1H/b19-16+,24-15-;. The number of fused-ring (bicyclic) bond motifs is 2. The lowest BCUT2D eigenvalue weighted by molar-refractivity contribution is -0.136. The molecule has 0 fully saturated rings. The molecule has 0 spiro atoms. The normalized spacial score (nSPS) is 18.4. The Labute approximate surface area is 222 Å². The van der Waals surface area contributed by atoms with Gasteiger partial charge in [0.15, 0.2) is 0 Å². The number of thioether (sulfide) groups is 2. The highest BCUT2D eigenvalue weighted by atomic mass is 127. The second-order valence-electron chi connectivity index (χ2n) is 8.21. The number of rotatable bonds is 7. The molecule has 1 unspecified atom stereocenters. The lowest BCUT2D eigenvalue weighted by atomic mass is 10.1. The van der Waals surface area contributed by atoms with Crippen molar-refractivity contribution in [2.45, 2.75) is 55.7 Å². The van der Waals surface area contributed by atoms with E-state index < -0.39 is 5.97 Å². The fourth-order valence-electron chi connectivity index (χ4n) is 4.12. The average molecular weight is 595 g/mol. The van der Waals surface area contributed by atoms with Gasteiger partial charge in [-0.1, -0.05) is 42.6 Å². The van der Waals surface area contributed by atoms with Crippen LogP contribution in [0.1, 0.15) is 37.8 Å². The molecule has 4 nitrogen and oxygen atoms in total. The molecule has 33 heavy (non-hydrogen) atoms. The predicted octanol–water partition coefficient (Wildman–Crippen LogP) is 7.44. The van der Waals surface area contributed by atoms with Crippen LogP contribution in [0.3, 0.4) is 0 Å². The third-order valence-electron chi connectivity index (χ3n) is 5.82. The number of anilines is 2. The highest BCUT2D eigenvalue weighted by Gasteiger charge is 2.30. The van der Waals surface area contributed by atoms with Crippen molar-refractivity contribution in [1.29, 1.82) is 0 Å². The first-order chi connectivity index (χ1) is 15.4. The zero-order chi connectivity index (χ0) is 22.8. The number of aliphatic carboxylic acids is 1. The van der Waals surface area contributed by atoms with Crippen LogP contribution in [0.15, 0.2) is 68.9 Å². The Morgan fingerprint density at radius 1 is 1.06 bits per heavy atom. The molecule has 4 rings (SSSR count). The lowest BCUT2D eigenvalue weighted by Gasteiger charge is -2.25. The lowest BCUT2D eigenvalue weighted by Crippen LogP contribution is -2.30. The molecule has 2 aromatic rings. The summed E-state index contributed by atoms with van der Waals surface area (Å²) >= 11 is 3.64. The fraction of sp³-hybridized carbons (Fsp3) is 0.346. The van der Waals surface area contributed by atoms with Crippen molar-refractivity contribution in [2.75, 3.05) is 22.9 Å². The molecular weight excluding hydrogens is 563 g/mol. The Balaban J connectivity index is 0.00000306. The van der Waals surface area contributed by atoms with Crippen LogP contribution in [0.4, 0.5) is 11.4 Å². The predicted molar refractivity (Wildman–Crippen MR) is 152 cm³/mol. The van der Waals surface area contributed by atoms with Crippen LogP contribution in [0.25, 0.3) is 0 Å². The number of nitrogens with zero attached hydrogens (tertiary/aromatic N) is 2. The van der Waals surface area contributed by atoms with E-state index in [4.69, 9.17) is 0 Å². The summed E-state index contributed by atoms with van der Waals surface area (Å²) in [6.45, 7) is 10.0. The van der Waals surface area contributed by atoms with Gasteiger partial charge in [-0.25, -0.2) is 0 Å². The van der Waals surface area contributed by atoms with Crippen LogP contribution in [0, 0.1) is 13.8 Å². The van der Waals surface area contributed by atoms with Gasteiger partial charge < -0.3 is 14.9 Å². The van der Waals surface area contributed by atoms with E-state index >= 15 is 0 Å². The molecular formula is C26H31IN2O2S2. The second kappa shape index (κ2) is 11.2. The second-order valence-corrected chi connectivity index (χ2v) is 10.4. The Morgan fingerprint density at radius 2 is 1.73 bits per heavy atom. The SMILES string of the molecule is CCC(/C=C1\Sc2ccc(C)cc2N1CC)=C\C1Sc2ccc(C)cc2N1CCC(=O)O.I. The van der Waals surface area contributed by atoms with Gasteiger partial charge in [-0.15, -0.1) is 24.0 Å². The first-order valence-electron chi connectivity index (χ1n) is 11.1. The van der Waals surface area contributed by atoms with Gasteiger partial charge in [-0.2, -0.15) is 0 Å². The number of carboxylic acid groups (broad SMARTS) is 1. The van der Waals surface area contributed by atoms with Crippen molar-refractivity contribution in [3.05, 3.63) is 70.3 Å². The summed E-state index contributed by atoms with van der Waals surface area (Å²) in [4.78, 5) is 18.4. The molecule has 2 heterocycles. The van der Waals surface area contributed by atoms with E-state index in [0.29, 0.717) is 6.54 Å². The van der Waals surface area contributed by atoms with Crippen molar-refractivity contribution < 1.29 is 9.90 Å². The molecule has 0 aromatic heterocycles.